The molecule has 1 aliphatic heterocycles. The minimum absolute atomic E-state index is 0.256. The van der Waals surface area contributed by atoms with Crippen LogP contribution in [0, 0.1) is 0 Å². The summed E-state index contributed by atoms with van der Waals surface area (Å²) in [6.07, 6.45) is 3.28. The summed E-state index contributed by atoms with van der Waals surface area (Å²) in [7, 11) is 7.62. The molecule has 188 valence electrons. The molecule has 10 heteroatoms. The fourth-order valence-corrected chi connectivity index (χ4v) is 4.71. The third-order valence-electron chi connectivity index (χ3n) is 6.21. The van der Waals surface area contributed by atoms with Crippen LogP contribution in [-0.4, -0.2) is 57.2 Å². The molecule has 1 aliphatic rings. The third-order valence-corrected chi connectivity index (χ3v) is 6.51. The van der Waals surface area contributed by atoms with Gasteiger partial charge in [0.2, 0.25) is 5.91 Å². The number of nitrogens with one attached hydrogen (secondary N) is 1. The Morgan fingerprint density at radius 2 is 1.64 bits per heavy atom. The number of rotatable bonds is 7. The van der Waals surface area contributed by atoms with E-state index in [1.165, 1.54) is 33.3 Å². The Hall–Kier alpha value is -3.98. The van der Waals surface area contributed by atoms with Crippen LogP contribution in [-0.2, 0) is 4.79 Å². The van der Waals surface area contributed by atoms with Crippen molar-refractivity contribution in [1.82, 2.24) is 9.88 Å². The minimum atomic E-state index is -0.822. The molecule has 1 aromatic heterocycles. The highest BCUT2D eigenvalue weighted by molar-refractivity contribution is 6.32. The molecule has 0 aliphatic carbocycles. The first-order valence-corrected chi connectivity index (χ1v) is 11.4. The van der Waals surface area contributed by atoms with Gasteiger partial charge in [-0.05, 0) is 35.4 Å². The van der Waals surface area contributed by atoms with Gasteiger partial charge in [-0.25, -0.2) is 0 Å². The third kappa shape index (κ3) is 4.37. The van der Waals surface area contributed by atoms with Crippen molar-refractivity contribution in [3.8, 4) is 23.0 Å². The fraction of sp³-hybridized carbons (Fsp3) is 0.269. The molecule has 0 bridgehead atoms. The molecule has 2 atom stereocenters. The maximum Gasteiger partial charge on any atom is 0.254 e. The highest BCUT2D eigenvalue weighted by atomic mass is 35.5. The van der Waals surface area contributed by atoms with Crippen molar-refractivity contribution in [2.75, 3.05) is 40.8 Å². The van der Waals surface area contributed by atoms with Crippen molar-refractivity contribution in [1.29, 1.82) is 0 Å². The number of methoxy groups -OCH3 is 4. The van der Waals surface area contributed by atoms with Crippen molar-refractivity contribution in [3.63, 3.8) is 0 Å². The van der Waals surface area contributed by atoms with E-state index in [0.717, 1.165) is 0 Å². The second-order valence-electron chi connectivity index (χ2n) is 8.10. The Bertz CT molecular complexity index is 1300. The summed E-state index contributed by atoms with van der Waals surface area (Å²) in [6, 6.07) is 9.37. The van der Waals surface area contributed by atoms with Gasteiger partial charge in [0, 0.05) is 31.1 Å². The first kappa shape index (κ1) is 25.1. The number of pyridine rings is 1. The van der Waals surface area contributed by atoms with Crippen LogP contribution >= 0.6 is 11.6 Å². The number of aromatic nitrogens is 1. The normalized spacial score (nSPS) is 16.7. The SMILES string of the molecule is COc1cc(OC)c(NC(=O)[C@@H]2c3cc(OC)c(OC)cc3C(=O)N(C)[C@@H]2c2cccnc2)cc1Cl. The molecule has 0 fully saturated rings. The van der Waals surface area contributed by atoms with Gasteiger partial charge >= 0.3 is 0 Å². The van der Waals surface area contributed by atoms with Gasteiger partial charge < -0.3 is 29.2 Å². The van der Waals surface area contributed by atoms with E-state index in [9.17, 15) is 9.59 Å². The molecule has 9 nitrogen and oxygen atoms in total. The zero-order valence-corrected chi connectivity index (χ0v) is 21.3. The summed E-state index contributed by atoms with van der Waals surface area (Å²) in [5, 5.41) is 3.24. The summed E-state index contributed by atoms with van der Waals surface area (Å²) in [5.74, 6) is 0.115. The first-order valence-electron chi connectivity index (χ1n) is 11.0. The lowest BCUT2D eigenvalue weighted by molar-refractivity contribution is -0.119. The molecule has 0 spiro atoms. The van der Waals surface area contributed by atoms with Crippen LogP contribution in [0.2, 0.25) is 5.02 Å². The number of hydrogen-bond donors (Lipinski definition) is 1. The van der Waals surface area contributed by atoms with Gasteiger partial charge in [0.1, 0.15) is 11.5 Å². The highest BCUT2D eigenvalue weighted by Gasteiger charge is 2.44. The van der Waals surface area contributed by atoms with Gasteiger partial charge in [0.05, 0.1) is 51.1 Å². The number of carbonyl (C=O) groups excluding carboxylic acids is 2. The van der Waals surface area contributed by atoms with Crippen molar-refractivity contribution < 1.29 is 28.5 Å². The number of carbonyl (C=O) groups is 2. The van der Waals surface area contributed by atoms with E-state index >= 15 is 0 Å². The molecule has 0 saturated carbocycles. The molecule has 0 saturated heterocycles. The molecule has 2 amide bonds. The predicted octanol–water partition coefficient (Wildman–Crippen LogP) is 4.32. The van der Waals surface area contributed by atoms with Crippen LogP contribution in [0.15, 0.2) is 48.8 Å². The number of nitrogens with zero attached hydrogens (tertiary/aromatic N) is 2. The van der Waals surface area contributed by atoms with Crippen molar-refractivity contribution in [2.45, 2.75) is 12.0 Å². The number of amides is 2. The number of hydrogen-bond acceptors (Lipinski definition) is 7. The number of halogens is 1. The van der Waals surface area contributed by atoms with Crippen LogP contribution in [0.4, 0.5) is 5.69 Å². The summed E-state index contributed by atoms with van der Waals surface area (Å²) in [5.41, 5.74) is 1.91. The standard InChI is InChI=1S/C26H26ClN3O6/c1-30-24(14-7-6-8-28-13-14)23(15-9-21(35-4)22(36-5)10-16(15)26(30)32)25(31)29-18-11-17(27)19(33-2)12-20(18)34-3/h6-13,23-24H,1-5H3,(H,29,31)/t23-,24-/m1/s1. The molecule has 1 N–H and O–H groups in total. The summed E-state index contributed by atoms with van der Waals surface area (Å²) < 4.78 is 21.6. The largest absolute Gasteiger partial charge is 0.495 e. The van der Waals surface area contributed by atoms with Gasteiger partial charge in [-0.3, -0.25) is 14.6 Å². The fourth-order valence-electron chi connectivity index (χ4n) is 4.47. The van der Waals surface area contributed by atoms with Gasteiger partial charge in [-0.1, -0.05) is 17.7 Å². The highest BCUT2D eigenvalue weighted by Crippen LogP contribution is 2.46. The second-order valence-corrected chi connectivity index (χ2v) is 8.50. The van der Waals surface area contributed by atoms with E-state index in [1.807, 2.05) is 6.07 Å². The summed E-state index contributed by atoms with van der Waals surface area (Å²) in [6.45, 7) is 0. The maximum atomic E-state index is 14.0. The first-order chi connectivity index (χ1) is 17.3. The Morgan fingerprint density at radius 1 is 0.972 bits per heavy atom. The van der Waals surface area contributed by atoms with Crippen LogP contribution in [0.5, 0.6) is 23.0 Å². The number of fused-ring (bicyclic) bond motifs is 1. The topological polar surface area (TPSA) is 99.2 Å². The number of ether oxygens (including phenoxy) is 4. The second kappa shape index (κ2) is 10.3. The minimum Gasteiger partial charge on any atom is -0.495 e. The van der Waals surface area contributed by atoms with E-state index in [1.54, 1.807) is 49.8 Å². The lowest BCUT2D eigenvalue weighted by atomic mass is 9.79. The Balaban J connectivity index is 1.88. The number of anilines is 1. The molecular weight excluding hydrogens is 486 g/mol. The van der Waals surface area contributed by atoms with Crippen LogP contribution in [0.25, 0.3) is 0 Å². The lowest BCUT2D eigenvalue weighted by Gasteiger charge is -2.40. The smallest absolute Gasteiger partial charge is 0.254 e. The average molecular weight is 512 g/mol. The Kier molecular flexibility index (Phi) is 7.21. The average Bonchev–Trinajstić information content (AvgIpc) is 2.90. The van der Waals surface area contributed by atoms with Gasteiger partial charge in [0.15, 0.2) is 11.5 Å². The van der Waals surface area contributed by atoms with Gasteiger partial charge in [0.25, 0.3) is 5.91 Å². The molecule has 2 aromatic carbocycles. The van der Waals surface area contributed by atoms with Gasteiger partial charge in [-0.15, -0.1) is 0 Å². The van der Waals surface area contributed by atoms with Crippen LogP contribution < -0.4 is 24.3 Å². The zero-order chi connectivity index (χ0) is 26.0. The predicted molar refractivity (Wildman–Crippen MR) is 135 cm³/mol. The van der Waals surface area contributed by atoms with E-state index in [-0.39, 0.29) is 11.8 Å². The lowest BCUT2D eigenvalue weighted by Crippen LogP contribution is -2.44. The van der Waals surface area contributed by atoms with Gasteiger partial charge in [-0.2, -0.15) is 0 Å². The molecule has 0 radical (unpaired) electrons. The quantitative estimate of drug-likeness (QED) is 0.504. The molecule has 3 aromatic rings. The summed E-state index contributed by atoms with van der Waals surface area (Å²) >= 11 is 6.33. The Labute approximate surface area is 213 Å². The van der Waals surface area contributed by atoms with E-state index < -0.39 is 12.0 Å². The number of likely N-dealkylation sites (N-methyl/N-ethyl adjacent to an activating group) is 1. The monoisotopic (exact) mass is 511 g/mol. The summed E-state index contributed by atoms with van der Waals surface area (Å²) in [4.78, 5) is 33.2. The molecule has 2 heterocycles. The molecule has 36 heavy (non-hydrogen) atoms. The van der Waals surface area contributed by atoms with Crippen molar-refractivity contribution in [3.05, 3.63) is 70.5 Å². The maximum absolute atomic E-state index is 14.0. The molecule has 4 rings (SSSR count). The van der Waals surface area contributed by atoms with Crippen LogP contribution in [0.1, 0.15) is 33.4 Å². The Morgan fingerprint density at radius 3 is 2.25 bits per heavy atom. The van der Waals surface area contributed by atoms with Crippen LogP contribution in [0.3, 0.4) is 0 Å². The molecule has 0 unspecified atom stereocenters. The zero-order valence-electron chi connectivity index (χ0n) is 20.5. The van der Waals surface area contributed by atoms with E-state index in [4.69, 9.17) is 30.5 Å². The number of benzene rings is 2. The van der Waals surface area contributed by atoms with E-state index in [0.29, 0.717) is 50.4 Å². The van der Waals surface area contributed by atoms with Crippen molar-refractivity contribution >= 4 is 29.1 Å². The molecular formula is C26H26ClN3O6. The van der Waals surface area contributed by atoms with Crippen molar-refractivity contribution in [2.24, 2.45) is 0 Å². The van der Waals surface area contributed by atoms with E-state index in [2.05, 4.69) is 10.3 Å².